The number of piperidine rings is 1. The van der Waals surface area contributed by atoms with Gasteiger partial charge in [-0.25, -0.2) is 4.79 Å². The zero-order chi connectivity index (χ0) is 16.6. The van der Waals surface area contributed by atoms with Crippen molar-refractivity contribution in [3.8, 4) is 0 Å². The van der Waals surface area contributed by atoms with Gasteiger partial charge < -0.3 is 20.3 Å². The summed E-state index contributed by atoms with van der Waals surface area (Å²) in [7, 11) is 1.34. The molecule has 1 aliphatic heterocycles. The summed E-state index contributed by atoms with van der Waals surface area (Å²) < 4.78 is 41.1. The molecule has 1 saturated heterocycles. The Morgan fingerprint density at radius 1 is 1.36 bits per heavy atom. The van der Waals surface area contributed by atoms with E-state index in [1.165, 1.54) is 7.11 Å². The van der Waals surface area contributed by atoms with Crippen LogP contribution >= 0.6 is 0 Å². The number of nitrogens with zero attached hydrogens (tertiary/aromatic N) is 2. The number of rotatable bonds is 4. The number of amides is 1. The first-order valence-corrected chi connectivity index (χ1v) is 7.30. The van der Waals surface area contributed by atoms with Crippen molar-refractivity contribution >= 4 is 12.1 Å². The number of guanidine groups is 1. The number of aliphatic imine (C=N–C) groups is 1. The molecule has 1 rings (SSSR count). The average Bonchev–Trinajstić information content (AvgIpc) is 2.46. The summed E-state index contributed by atoms with van der Waals surface area (Å²) in [5, 5.41) is 6.04. The highest BCUT2D eigenvalue weighted by Gasteiger charge is 2.27. The van der Waals surface area contributed by atoms with E-state index in [1.54, 1.807) is 4.90 Å². The van der Waals surface area contributed by atoms with Gasteiger partial charge in [0.05, 0.1) is 20.1 Å². The first-order chi connectivity index (χ1) is 10.4. The van der Waals surface area contributed by atoms with Crippen LogP contribution in [0.15, 0.2) is 4.99 Å². The molecule has 2 N–H and O–H groups in total. The van der Waals surface area contributed by atoms with Crippen LogP contribution in [0.2, 0.25) is 0 Å². The highest BCUT2D eigenvalue weighted by atomic mass is 19.4. The molecule has 128 valence electrons. The maximum atomic E-state index is 12.1. The first-order valence-electron chi connectivity index (χ1n) is 7.30. The third kappa shape index (κ3) is 6.86. The zero-order valence-electron chi connectivity index (χ0n) is 12.9. The molecule has 1 amide bonds. The minimum absolute atomic E-state index is 0.0737. The van der Waals surface area contributed by atoms with Gasteiger partial charge in [-0.15, -0.1) is 0 Å². The Bertz CT molecular complexity index is 380. The van der Waals surface area contributed by atoms with E-state index in [4.69, 9.17) is 0 Å². The van der Waals surface area contributed by atoms with Crippen molar-refractivity contribution in [2.45, 2.75) is 38.4 Å². The first kappa shape index (κ1) is 18.4. The van der Waals surface area contributed by atoms with Gasteiger partial charge in [-0.1, -0.05) is 0 Å². The quantitative estimate of drug-likeness (QED) is 0.610. The van der Waals surface area contributed by atoms with Crippen LogP contribution in [0.4, 0.5) is 18.0 Å². The second-order valence-electron chi connectivity index (χ2n) is 5.00. The number of hydrogen-bond donors (Lipinski definition) is 2. The normalized spacial score (nSPS) is 17.3. The molecule has 0 aromatic rings. The molecule has 1 fully saturated rings. The fraction of sp³-hybridized carbons (Fsp3) is 0.846. The average molecular weight is 324 g/mol. The number of hydrogen-bond acceptors (Lipinski definition) is 3. The van der Waals surface area contributed by atoms with Crippen LogP contribution in [0, 0.1) is 0 Å². The SMILES string of the molecule is CCNC(=NCCC(F)(F)F)NC1CCN(C(=O)OC)CC1. The standard InChI is InChI=1S/C13H23F3N4O2/c1-3-17-11(18-7-6-13(14,15)16)19-10-4-8-20(9-5-10)12(21)22-2/h10H,3-9H2,1-2H3,(H2,17,18,19). The van der Waals surface area contributed by atoms with Crippen molar-refractivity contribution < 1.29 is 22.7 Å². The Balaban J connectivity index is 2.44. The Morgan fingerprint density at radius 3 is 2.50 bits per heavy atom. The van der Waals surface area contributed by atoms with Gasteiger partial charge >= 0.3 is 12.3 Å². The number of nitrogens with one attached hydrogen (secondary N) is 2. The van der Waals surface area contributed by atoms with E-state index >= 15 is 0 Å². The summed E-state index contributed by atoms with van der Waals surface area (Å²) in [5.74, 6) is 0.378. The van der Waals surface area contributed by atoms with Crippen molar-refractivity contribution in [3.63, 3.8) is 0 Å². The maximum absolute atomic E-state index is 12.1. The predicted molar refractivity (Wildman–Crippen MR) is 76.8 cm³/mol. The molecule has 0 spiro atoms. The Hall–Kier alpha value is -1.67. The molecule has 1 heterocycles. The molecule has 1 aliphatic rings. The van der Waals surface area contributed by atoms with Crippen LogP contribution < -0.4 is 10.6 Å². The van der Waals surface area contributed by atoms with Crippen LogP contribution in [0.3, 0.4) is 0 Å². The predicted octanol–water partition coefficient (Wildman–Crippen LogP) is 1.72. The minimum Gasteiger partial charge on any atom is -0.453 e. The lowest BCUT2D eigenvalue weighted by Gasteiger charge is -2.32. The van der Waals surface area contributed by atoms with Gasteiger partial charge in [-0.3, -0.25) is 4.99 Å². The zero-order valence-corrected chi connectivity index (χ0v) is 12.9. The molecule has 0 saturated carbocycles. The van der Waals surface area contributed by atoms with E-state index in [0.29, 0.717) is 38.4 Å². The number of ether oxygens (including phenoxy) is 1. The molecule has 0 aromatic carbocycles. The largest absolute Gasteiger partial charge is 0.453 e. The number of carbonyl (C=O) groups excluding carboxylic acids is 1. The Labute approximate surface area is 128 Å². The summed E-state index contributed by atoms with van der Waals surface area (Å²) in [6.45, 7) is 3.21. The molecule has 0 unspecified atom stereocenters. The third-order valence-corrected chi connectivity index (χ3v) is 3.28. The molecule has 22 heavy (non-hydrogen) atoms. The van der Waals surface area contributed by atoms with E-state index in [-0.39, 0.29) is 18.7 Å². The summed E-state index contributed by atoms with van der Waals surface area (Å²) in [4.78, 5) is 16.9. The molecular weight excluding hydrogens is 301 g/mol. The van der Waals surface area contributed by atoms with Crippen LogP contribution in [0.1, 0.15) is 26.2 Å². The Morgan fingerprint density at radius 2 is 2.00 bits per heavy atom. The second-order valence-corrected chi connectivity index (χ2v) is 5.00. The highest BCUT2D eigenvalue weighted by molar-refractivity contribution is 5.80. The van der Waals surface area contributed by atoms with Crippen LogP contribution in [0.25, 0.3) is 0 Å². The summed E-state index contributed by atoms with van der Waals surface area (Å²) in [5.41, 5.74) is 0. The number of carbonyl (C=O) groups is 1. The molecule has 6 nitrogen and oxygen atoms in total. The lowest BCUT2D eigenvalue weighted by Crippen LogP contribution is -2.49. The highest BCUT2D eigenvalue weighted by Crippen LogP contribution is 2.19. The van der Waals surface area contributed by atoms with Crippen LogP contribution in [-0.2, 0) is 4.74 Å². The smallest absolute Gasteiger partial charge is 0.409 e. The lowest BCUT2D eigenvalue weighted by molar-refractivity contribution is -0.132. The molecular formula is C13H23F3N4O2. The maximum Gasteiger partial charge on any atom is 0.409 e. The lowest BCUT2D eigenvalue weighted by atomic mass is 10.1. The molecule has 9 heteroatoms. The molecule has 0 radical (unpaired) electrons. The van der Waals surface area contributed by atoms with Crippen LogP contribution in [-0.4, -0.2) is 62.5 Å². The van der Waals surface area contributed by atoms with E-state index in [9.17, 15) is 18.0 Å². The Kier molecular flexibility index (Phi) is 7.26. The van der Waals surface area contributed by atoms with Crippen molar-refractivity contribution in [1.29, 1.82) is 0 Å². The van der Waals surface area contributed by atoms with Crippen molar-refractivity contribution in [2.24, 2.45) is 4.99 Å². The van der Waals surface area contributed by atoms with E-state index in [0.717, 1.165) is 0 Å². The van der Waals surface area contributed by atoms with Gasteiger partial charge in [0.2, 0.25) is 0 Å². The fourth-order valence-electron chi connectivity index (χ4n) is 2.14. The fourth-order valence-corrected chi connectivity index (χ4v) is 2.14. The molecule has 0 atom stereocenters. The van der Waals surface area contributed by atoms with Gasteiger partial charge in [-0.05, 0) is 19.8 Å². The number of likely N-dealkylation sites (tertiary alicyclic amines) is 1. The van der Waals surface area contributed by atoms with E-state index < -0.39 is 12.6 Å². The molecule has 0 aromatic heterocycles. The summed E-state index contributed by atoms with van der Waals surface area (Å²) in [6, 6.07) is 0.0737. The second kappa shape index (κ2) is 8.70. The number of methoxy groups -OCH3 is 1. The van der Waals surface area contributed by atoms with E-state index in [1.807, 2.05) is 6.92 Å². The van der Waals surface area contributed by atoms with Gasteiger partial charge in [0.1, 0.15) is 0 Å². The van der Waals surface area contributed by atoms with E-state index in [2.05, 4.69) is 20.4 Å². The van der Waals surface area contributed by atoms with Gasteiger partial charge in [-0.2, -0.15) is 13.2 Å². The minimum atomic E-state index is -4.20. The summed E-state index contributed by atoms with van der Waals surface area (Å²) in [6.07, 6.45) is -4.11. The van der Waals surface area contributed by atoms with Gasteiger partial charge in [0, 0.05) is 25.7 Å². The topological polar surface area (TPSA) is 66.0 Å². The van der Waals surface area contributed by atoms with Gasteiger partial charge in [0.25, 0.3) is 0 Å². The number of halogens is 3. The monoisotopic (exact) mass is 324 g/mol. The molecule has 0 aliphatic carbocycles. The molecule has 0 bridgehead atoms. The van der Waals surface area contributed by atoms with Gasteiger partial charge in [0.15, 0.2) is 5.96 Å². The van der Waals surface area contributed by atoms with Crippen molar-refractivity contribution in [1.82, 2.24) is 15.5 Å². The van der Waals surface area contributed by atoms with Crippen LogP contribution in [0.5, 0.6) is 0 Å². The summed E-state index contributed by atoms with van der Waals surface area (Å²) >= 11 is 0. The van der Waals surface area contributed by atoms with Crippen molar-refractivity contribution in [3.05, 3.63) is 0 Å². The van der Waals surface area contributed by atoms with Crippen molar-refractivity contribution in [2.75, 3.05) is 33.3 Å². The third-order valence-electron chi connectivity index (χ3n) is 3.28. The number of alkyl halides is 3.